The van der Waals surface area contributed by atoms with Crippen molar-refractivity contribution in [3.63, 3.8) is 0 Å². The van der Waals surface area contributed by atoms with Crippen LogP contribution in [0.3, 0.4) is 0 Å². The van der Waals surface area contributed by atoms with Gasteiger partial charge >= 0.3 is 0 Å². The quantitative estimate of drug-likeness (QED) is 0.277. The van der Waals surface area contributed by atoms with Crippen LogP contribution in [0.1, 0.15) is 6.92 Å². The van der Waals surface area contributed by atoms with Crippen molar-refractivity contribution >= 4 is 5.84 Å². The van der Waals surface area contributed by atoms with Crippen LogP contribution in [-0.2, 0) is 0 Å². The standard InChI is InChI=1S/C5H12N2O/c1-5(6)7(2)3-4-8/h6,8H,3-4H2,1-2H3/p+1. The molecule has 0 aromatic carbocycles. The third kappa shape index (κ3) is 2.58. The van der Waals surface area contributed by atoms with E-state index in [1.165, 1.54) is 0 Å². The molecule has 0 amide bonds. The molecule has 0 radical (unpaired) electrons. The number of likely N-dealkylation sites (N-methyl/N-ethyl adjacent to an activating group) is 1. The number of nitrogens with two attached hydrogens (primary N) is 1. The third-order valence-corrected chi connectivity index (χ3v) is 1.04. The lowest BCUT2D eigenvalue weighted by atomic mass is 10.6. The summed E-state index contributed by atoms with van der Waals surface area (Å²) in [4.78, 5) is 0. The highest BCUT2D eigenvalue weighted by Crippen LogP contribution is 1.66. The Morgan fingerprint density at radius 2 is 2.25 bits per heavy atom. The van der Waals surface area contributed by atoms with E-state index in [1.54, 1.807) is 11.5 Å². The summed E-state index contributed by atoms with van der Waals surface area (Å²) in [5.74, 6) is 0.735. The topological polar surface area (TPSA) is 49.3 Å². The number of rotatable bonds is 2. The van der Waals surface area contributed by atoms with Crippen LogP contribution in [0.15, 0.2) is 0 Å². The average Bonchev–Trinajstić information content (AvgIpc) is 1.67. The van der Waals surface area contributed by atoms with Gasteiger partial charge in [-0.25, -0.2) is 0 Å². The van der Waals surface area contributed by atoms with E-state index < -0.39 is 0 Å². The van der Waals surface area contributed by atoms with E-state index in [9.17, 15) is 0 Å². The Bertz CT molecular complexity index is 94.6. The van der Waals surface area contributed by atoms with Crippen LogP contribution in [0.2, 0.25) is 0 Å². The van der Waals surface area contributed by atoms with Gasteiger partial charge in [-0.2, -0.15) is 0 Å². The van der Waals surface area contributed by atoms with Gasteiger partial charge in [0.25, 0.3) is 0 Å². The van der Waals surface area contributed by atoms with Crippen molar-refractivity contribution < 1.29 is 9.68 Å². The summed E-state index contributed by atoms with van der Waals surface area (Å²) in [6.45, 7) is 2.57. The number of amidine groups is 1. The molecule has 0 aliphatic heterocycles. The maximum Gasteiger partial charge on any atom is 0.239 e. The van der Waals surface area contributed by atoms with Gasteiger partial charge in [0.2, 0.25) is 5.84 Å². The van der Waals surface area contributed by atoms with Crippen molar-refractivity contribution in [1.82, 2.24) is 0 Å². The van der Waals surface area contributed by atoms with E-state index in [1.807, 2.05) is 7.05 Å². The Morgan fingerprint density at radius 1 is 1.75 bits per heavy atom. The number of nitrogens with zero attached hydrogens (tertiary/aromatic N) is 1. The molecule has 0 aliphatic rings. The van der Waals surface area contributed by atoms with Crippen LogP contribution in [0, 0.1) is 0 Å². The molecule has 0 unspecified atom stereocenters. The molecule has 3 nitrogen and oxygen atoms in total. The zero-order valence-corrected chi connectivity index (χ0v) is 5.39. The van der Waals surface area contributed by atoms with Crippen molar-refractivity contribution in [1.29, 1.82) is 0 Å². The Morgan fingerprint density at radius 3 is 2.38 bits per heavy atom. The van der Waals surface area contributed by atoms with Gasteiger partial charge in [-0.3, -0.25) is 10.3 Å². The van der Waals surface area contributed by atoms with Crippen LogP contribution >= 0.6 is 0 Å². The highest BCUT2D eigenvalue weighted by molar-refractivity contribution is 5.71. The Balaban J connectivity index is 3.62. The average molecular weight is 117 g/mol. The molecule has 0 aliphatic carbocycles. The molecular formula is C5H13N2O+. The van der Waals surface area contributed by atoms with Gasteiger partial charge in [0, 0.05) is 6.92 Å². The molecule has 0 rings (SSSR count). The maximum absolute atomic E-state index is 8.38. The van der Waals surface area contributed by atoms with Crippen LogP contribution in [0.5, 0.6) is 0 Å². The molecule has 3 N–H and O–H groups in total. The van der Waals surface area contributed by atoms with E-state index in [4.69, 9.17) is 10.8 Å². The minimum atomic E-state index is 0.158. The maximum atomic E-state index is 8.38. The first-order valence-corrected chi connectivity index (χ1v) is 2.59. The van der Waals surface area contributed by atoms with Crippen LogP contribution in [-0.4, -0.2) is 35.7 Å². The normalized spacial score (nSPS) is 13.4. The molecule has 0 spiro atoms. The second-order valence-electron chi connectivity index (χ2n) is 1.79. The zero-order valence-electron chi connectivity index (χ0n) is 5.39. The third-order valence-electron chi connectivity index (χ3n) is 1.04. The minimum absolute atomic E-state index is 0.158. The van der Waals surface area contributed by atoms with Gasteiger partial charge in [0.15, 0.2) is 0 Å². The van der Waals surface area contributed by atoms with E-state index in [0.29, 0.717) is 6.54 Å². The Kier molecular flexibility index (Phi) is 3.19. The van der Waals surface area contributed by atoms with Gasteiger partial charge in [0.05, 0.1) is 13.7 Å². The van der Waals surface area contributed by atoms with Crippen LogP contribution in [0.4, 0.5) is 0 Å². The lowest BCUT2D eigenvalue weighted by Gasteiger charge is -1.96. The summed E-state index contributed by atoms with van der Waals surface area (Å²) >= 11 is 0. The molecule has 0 fully saturated rings. The fourth-order valence-electron chi connectivity index (χ4n) is 0.326. The van der Waals surface area contributed by atoms with Crippen LogP contribution < -0.4 is 5.73 Å². The second-order valence-corrected chi connectivity index (χ2v) is 1.79. The molecule has 3 heteroatoms. The highest BCUT2D eigenvalue weighted by atomic mass is 16.3. The van der Waals surface area contributed by atoms with Gasteiger partial charge in [0.1, 0.15) is 6.54 Å². The summed E-state index contributed by atoms with van der Waals surface area (Å²) in [7, 11) is 1.84. The first kappa shape index (κ1) is 7.43. The van der Waals surface area contributed by atoms with Crippen molar-refractivity contribution in [2.75, 3.05) is 20.2 Å². The van der Waals surface area contributed by atoms with Crippen LogP contribution in [0.25, 0.3) is 0 Å². The fourth-order valence-corrected chi connectivity index (χ4v) is 0.326. The first-order chi connectivity index (χ1) is 3.68. The molecule has 0 saturated carbocycles. The molecule has 0 aromatic heterocycles. The molecule has 48 valence electrons. The predicted octanol–water partition coefficient (Wildman–Crippen LogP) is -1.00. The molecule has 0 aromatic rings. The number of aliphatic hydroxyl groups is 1. The van der Waals surface area contributed by atoms with Gasteiger partial charge < -0.3 is 5.11 Å². The molecule has 0 saturated heterocycles. The zero-order chi connectivity index (χ0) is 6.57. The van der Waals surface area contributed by atoms with Crippen molar-refractivity contribution in [3.05, 3.63) is 0 Å². The van der Waals surface area contributed by atoms with E-state index in [-0.39, 0.29) is 6.61 Å². The van der Waals surface area contributed by atoms with Crippen molar-refractivity contribution in [2.45, 2.75) is 6.92 Å². The summed E-state index contributed by atoms with van der Waals surface area (Å²) in [5, 5.41) is 8.38. The van der Waals surface area contributed by atoms with Crippen molar-refractivity contribution in [3.8, 4) is 0 Å². The van der Waals surface area contributed by atoms with E-state index in [2.05, 4.69) is 0 Å². The monoisotopic (exact) mass is 117 g/mol. The SMILES string of the molecule is CC(N)=[N+](C)CCO. The van der Waals surface area contributed by atoms with E-state index in [0.717, 1.165) is 5.84 Å². The largest absolute Gasteiger partial charge is 0.392 e. The number of hydrogen-bond donors (Lipinski definition) is 2. The summed E-state index contributed by atoms with van der Waals surface area (Å²) in [5.41, 5.74) is 5.35. The summed E-state index contributed by atoms with van der Waals surface area (Å²) in [6, 6.07) is 0. The molecular weight excluding hydrogens is 104 g/mol. The van der Waals surface area contributed by atoms with E-state index >= 15 is 0 Å². The van der Waals surface area contributed by atoms with Gasteiger partial charge in [-0.15, -0.1) is 0 Å². The first-order valence-electron chi connectivity index (χ1n) is 2.59. The lowest BCUT2D eigenvalue weighted by molar-refractivity contribution is -0.501. The smallest absolute Gasteiger partial charge is 0.239 e. The number of aliphatic hydroxyl groups excluding tert-OH is 1. The predicted molar refractivity (Wildman–Crippen MR) is 33.0 cm³/mol. The van der Waals surface area contributed by atoms with Crippen molar-refractivity contribution in [2.24, 2.45) is 5.73 Å². The Hall–Kier alpha value is -0.570. The highest BCUT2D eigenvalue weighted by Gasteiger charge is 1.92. The molecule has 0 atom stereocenters. The molecule has 0 heterocycles. The summed E-state index contributed by atoms with van der Waals surface area (Å²) < 4.78 is 1.79. The van der Waals surface area contributed by atoms with Gasteiger partial charge in [-0.05, 0) is 0 Å². The molecule has 8 heavy (non-hydrogen) atoms. The Labute approximate surface area is 49.4 Å². The summed E-state index contributed by atoms with van der Waals surface area (Å²) in [6.07, 6.45) is 0. The lowest BCUT2D eigenvalue weighted by Crippen LogP contribution is -2.24. The second kappa shape index (κ2) is 3.43. The minimum Gasteiger partial charge on any atom is -0.392 e. The number of hydrogen-bond acceptors (Lipinski definition) is 1. The molecule has 0 bridgehead atoms. The van der Waals surface area contributed by atoms with Gasteiger partial charge in [-0.1, -0.05) is 0 Å². The fraction of sp³-hybridized carbons (Fsp3) is 0.800.